The summed E-state index contributed by atoms with van der Waals surface area (Å²) in [5, 5.41) is 3.44. The van der Waals surface area contributed by atoms with E-state index < -0.39 is 0 Å². The average Bonchev–Trinajstić information content (AvgIpc) is 2.39. The van der Waals surface area contributed by atoms with E-state index in [4.69, 9.17) is 0 Å². The Balaban J connectivity index is 2.01. The van der Waals surface area contributed by atoms with Crippen molar-refractivity contribution in [3.63, 3.8) is 0 Å². The standard InChI is InChI=1S/C15H24N2/c1-3-17(15-8-10-16-11-9-15)12-14-7-5-4-6-13(14)2/h4-7,15-16H,3,8-12H2,1-2H3. The highest BCUT2D eigenvalue weighted by Crippen LogP contribution is 2.17. The minimum atomic E-state index is 0.765. The SMILES string of the molecule is CCN(Cc1ccccc1C)C1CCNCC1. The van der Waals surface area contributed by atoms with Crippen molar-refractivity contribution >= 4 is 0 Å². The van der Waals surface area contributed by atoms with Gasteiger partial charge in [-0.3, -0.25) is 4.90 Å². The normalized spacial score (nSPS) is 17.6. The molecule has 1 aliphatic heterocycles. The van der Waals surface area contributed by atoms with Crippen LogP contribution in [0.4, 0.5) is 0 Å². The summed E-state index contributed by atoms with van der Waals surface area (Å²) in [4.78, 5) is 2.63. The van der Waals surface area contributed by atoms with Crippen LogP contribution in [0.25, 0.3) is 0 Å². The van der Waals surface area contributed by atoms with E-state index in [-0.39, 0.29) is 0 Å². The molecule has 1 aromatic rings. The number of nitrogens with zero attached hydrogens (tertiary/aromatic N) is 1. The van der Waals surface area contributed by atoms with Crippen LogP contribution in [0.5, 0.6) is 0 Å². The molecular formula is C15H24N2. The molecule has 0 amide bonds. The number of benzene rings is 1. The smallest absolute Gasteiger partial charge is 0.0239 e. The van der Waals surface area contributed by atoms with Gasteiger partial charge in [0.2, 0.25) is 0 Å². The van der Waals surface area contributed by atoms with Crippen molar-refractivity contribution in [2.75, 3.05) is 19.6 Å². The van der Waals surface area contributed by atoms with E-state index in [1.807, 2.05) is 0 Å². The molecular weight excluding hydrogens is 208 g/mol. The minimum absolute atomic E-state index is 0.765. The fourth-order valence-electron chi connectivity index (χ4n) is 2.68. The van der Waals surface area contributed by atoms with Crippen LogP contribution < -0.4 is 5.32 Å². The van der Waals surface area contributed by atoms with E-state index in [9.17, 15) is 0 Å². The first-order valence-electron chi connectivity index (χ1n) is 6.80. The molecule has 0 aliphatic carbocycles. The second-order valence-corrected chi connectivity index (χ2v) is 4.97. The lowest BCUT2D eigenvalue weighted by Gasteiger charge is -2.34. The van der Waals surface area contributed by atoms with Gasteiger partial charge in [-0.2, -0.15) is 0 Å². The lowest BCUT2D eigenvalue weighted by atomic mass is 10.0. The Labute approximate surface area is 105 Å². The molecule has 1 aliphatic rings. The van der Waals surface area contributed by atoms with Crippen molar-refractivity contribution in [3.05, 3.63) is 35.4 Å². The summed E-state index contributed by atoms with van der Waals surface area (Å²) in [6.45, 7) is 9.10. The molecule has 0 radical (unpaired) electrons. The molecule has 1 heterocycles. The van der Waals surface area contributed by atoms with Gasteiger partial charge in [-0.25, -0.2) is 0 Å². The zero-order chi connectivity index (χ0) is 12.1. The van der Waals surface area contributed by atoms with Crippen LogP contribution >= 0.6 is 0 Å². The Hall–Kier alpha value is -0.860. The number of nitrogens with one attached hydrogen (secondary N) is 1. The molecule has 2 heteroatoms. The van der Waals surface area contributed by atoms with Crippen molar-refractivity contribution in [2.45, 2.75) is 39.3 Å². The van der Waals surface area contributed by atoms with Crippen LogP contribution in [0.1, 0.15) is 30.9 Å². The maximum Gasteiger partial charge on any atom is 0.0239 e. The highest BCUT2D eigenvalue weighted by Gasteiger charge is 2.19. The van der Waals surface area contributed by atoms with E-state index in [1.165, 1.54) is 37.1 Å². The molecule has 1 aromatic carbocycles. The number of rotatable bonds is 4. The molecule has 0 unspecified atom stereocenters. The first kappa shape index (κ1) is 12.6. The van der Waals surface area contributed by atoms with Crippen LogP contribution in [-0.2, 0) is 6.54 Å². The van der Waals surface area contributed by atoms with Crippen LogP contribution in [0, 0.1) is 6.92 Å². The molecule has 94 valence electrons. The molecule has 0 saturated carbocycles. The molecule has 0 atom stereocenters. The molecule has 1 saturated heterocycles. The van der Waals surface area contributed by atoms with Gasteiger partial charge in [0, 0.05) is 12.6 Å². The van der Waals surface area contributed by atoms with Crippen LogP contribution in [0.2, 0.25) is 0 Å². The lowest BCUT2D eigenvalue weighted by Crippen LogP contribution is -2.42. The quantitative estimate of drug-likeness (QED) is 0.858. The largest absolute Gasteiger partial charge is 0.317 e. The second-order valence-electron chi connectivity index (χ2n) is 4.97. The molecule has 2 rings (SSSR count). The minimum Gasteiger partial charge on any atom is -0.317 e. The predicted octanol–water partition coefficient (Wildman–Crippen LogP) is 2.57. The molecule has 17 heavy (non-hydrogen) atoms. The zero-order valence-electron chi connectivity index (χ0n) is 11.1. The molecule has 1 N–H and O–H groups in total. The fraction of sp³-hybridized carbons (Fsp3) is 0.600. The summed E-state index contributed by atoms with van der Waals surface area (Å²) in [5.74, 6) is 0. The maximum absolute atomic E-state index is 3.44. The molecule has 0 aromatic heterocycles. The van der Waals surface area contributed by atoms with Gasteiger partial charge in [0.25, 0.3) is 0 Å². The monoisotopic (exact) mass is 232 g/mol. The second kappa shape index (κ2) is 6.18. The number of piperidine rings is 1. The third-order valence-electron chi connectivity index (χ3n) is 3.87. The first-order chi connectivity index (χ1) is 8.31. The summed E-state index contributed by atoms with van der Waals surface area (Å²) in [5.41, 5.74) is 2.90. The molecule has 0 bridgehead atoms. The van der Waals surface area contributed by atoms with Gasteiger partial charge in [0.05, 0.1) is 0 Å². The Morgan fingerprint density at radius 3 is 2.59 bits per heavy atom. The summed E-state index contributed by atoms with van der Waals surface area (Å²) >= 11 is 0. The van der Waals surface area contributed by atoms with Crippen molar-refractivity contribution in [2.24, 2.45) is 0 Å². The number of hydrogen-bond acceptors (Lipinski definition) is 2. The van der Waals surface area contributed by atoms with E-state index in [0.717, 1.165) is 19.1 Å². The molecule has 1 fully saturated rings. The highest BCUT2D eigenvalue weighted by molar-refractivity contribution is 5.25. The number of hydrogen-bond donors (Lipinski definition) is 1. The predicted molar refractivity (Wildman–Crippen MR) is 73.2 cm³/mol. The maximum atomic E-state index is 3.44. The first-order valence-corrected chi connectivity index (χ1v) is 6.80. The van der Waals surface area contributed by atoms with Crippen LogP contribution in [-0.4, -0.2) is 30.6 Å². The Morgan fingerprint density at radius 2 is 1.94 bits per heavy atom. The van der Waals surface area contributed by atoms with E-state index in [2.05, 4.69) is 48.3 Å². The highest BCUT2D eigenvalue weighted by atomic mass is 15.2. The zero-order valence-corrected chi connectivity index (χ0v) is 11.1. The van der Waals surface area contributed by atoms with Gasteiger partial charge in [0.1, 0.15) is 0 Å². The Kier molecular flexibility index (Phi) is 4.57. The van der Waals surface area contributed by atoms with Crippen LogP contribution in [0.3, 0.4) is 0 Å². The van der Waals surface area contributed by atoms with Gasteiger partial charge in [-0.1, -0.05) is 31.2 Å². The van der Waals surface area contributed by atoms with Crippen molar-refractivity contribution in [3.8, 4) is 0 Å². The third-order valence-corrected chi connectivity index (χ3v) is 3.87. The van der Waals surface area contributed by atoms with Crippen molar-refractivity contribution in [1.82, 2.24) is 10.2 Å². The van der Waals surface area contributed by atoms with Gasteiger partial charge >= 0.3 is 0 Å². The molecule has 2 nitrogen and oxygen atoms in total. The summed E-state index contributed by atoms with van der Waals surface area (Å²) < 4.78 is 0. The van der Waals surface area contributed by atoms with Crippen molar-refractivity contribution in [1.29, 1.82) is 0 Å². The fourth-order valence-corrected chi connectivity index (χ4v) is 2.68. The van der Waals surface area contributed by atoms with Gasteiger partial charge in [0.15, 0.2) is 0 Å². The summed E-state index contributed by atoms with van der Waals surface area (Å²) in [7, 11) is 0. The Bertz CT molecular complexity index is 343. The van der Waals surface area contributed by atoms with Crippen LogP contribution in [0.15, 0.2) is 24.3 Å². The van der Waals surface area contributed by atoms with E-state index in [0.29, 0.717) is 0 Å². The summed E-state index contributed by atoms with van der Waals surface area (Å²) in [6.07, 6.45) is 2.58. The average molecular weight is 232 g/mol. The van der Waals surface area contributed by atoms with Crippen molar-refractivity contribution < 1.29 is 0 Å². The van der Waals surface area contributed by atoms with Gasteiger partial charge < -0.3 is 5.32 Å². The summed E-state index contributed by atoms with van der Waals surface area (Å²) in [6, 6.07) is 9.52. The van der Waals surface area contributed by atoms with Gasteiger partial charge in [-0.05, 0) is 50.5 Å². The lowest BCUT2D eigenvalue weighted by molar-refractivity contribution is 0.162. The van der Waals surface area contributed by atoms with Gasteiger partial charge in [-0.15, -0.1) is 0 Å². The molecule has 0 spiro atoms. The topological polar surface area (TPSA) is 15.3 Å². The Morgan fingerprint density at radius 1 is 1.24 bits per heavy atom. The number of aryl methyl sites for hydroxylation is 1. The van der Waals surface area contributed by atoms with E-state index in [1.54, 1.807) is 0 Å². The van der Waals surface area contributed by atoms with E-state index >= 15 is 0 Å². The third kappa shape index (κ3) is 3.30.